The molecular formula is C59H67BN2S. The Hall–Kier alpha value is -4.80. The maximum absolute atomic E-state index is 2.73. The van der Waals surface area contributed by atoms with E-state index in [0.29, 0.717) is 11.8 Å². The second kappa shape index (κ2) is 14.6. The molecule has 3 heterocycles. The second-order valence-corrected chi connectivity index (χ2v) is 24.1. The molecule has 4 heteroatoms. The molecular weight excluding hydrogens is 780 g/mol. The maximum Gasteiger partial charge on any atom is 0.260 e. The number of fused-ring (bicyclic) bond motifs is 6. The van der Waals surface area contributed by atoms with Crippen LogP contribution in [0.2, 0.25) is 0 Å². The van der Waals surface area contributed by atoms with E-state index in [4.69, 9.17) is 0 Å². The largest absolute Gasteiger partial charge is 0.311 e. The van der Waals surface area contributed by atoms with Crippen LogP contribution in [0.5, 0.6) is 0 Å². The van der Waals surface area contributed by atoms with Crippen molar-refractivity contribution < 1.29 is 0 Å². The summed E-state index contributed by atoms with van der Waals surface area (Å²) in [5, 5.41) is 1.38. The van der Waals surface area contributed by atoms with Gasteiger partial charge in [0.05, 0.1) is 11.4 Å². The molecule has 0 radical (unpaired) electrons. The van der Waals surface area contributed by atoms with Crippen molar-refractivity contribution in [1.82, 2.24) is 0 Å². The summed E-state index contributed by atoms with van der Waals surface area (Å²) in [4.78, 5) is 5.40. The molecule has 5 aromatic carbocycles. The van der Waals surface area contributed by atoms with E-state index in [-0.39, 0.29) is 28.4 Å². The SMILES string of the molecule is CCC(C)c1ccc(N2c3cc(C)cc4c3B(C3=C(C=C5C(C3)C(C)(C)CCC5(C)C)N4c3ccc(C(C)(C)C)cc3-c3ccccc3)c3sc4ccc(C(C)(C)C)cc4c32)cc1. The molecule has 2 aliphatic heterocycles. The molecule has 6 aromatic rings. The average molecular weight is 847 g/mol. The third-order valence-corrected chi connectivity index (χ3v) is 17.0. The summed E-state index contributed by atoms with van der Waals surface area (Å²) >= 11 is 2.04. The summed E-state index contributed by atoms with van der Waals surface area (Å²) in [5.74, 6) is 0.995. The van der Waals surface area contributed by atoms with E-state index in [0.717, 1.165) is 12.8 Å². The summed E-state index contributed by atoms with van der Waals surface area (Å²) in [5.41, 5.74) is 20.9. The number of thiophene rings is 1. The van der Waals surface area contributed by atoms with Crippen LogP contribution in [0.15, 0.2) is 126 Å². The Morgan fingerprint density at radius 1 is 0.746 bits per heavy atom. The average Bonchev–Trinajstić information content (AvgIpc) is 3.62. The molecule has 2 unspecified atom stereocenters. The zero-order valence-corrected chi connectivity index (χ0v) is 41.1. The van der Waals surface area contributed by atoms with E-state index >= 15 is 0 Å². The van der Waals surface area contributed by atoms with Crippen molar-refractivity contribution in [2.24, 2.45) is 16.7 Å². The quantitative estimate of drug-likeness (QED) is 0.160. The van der Waals surface area contributed by atoms with Gasteiger partial charge >= 0.3 is 0 Å². The number of hydrogen-bond donors (Lipinski definition) is 0. The van der Waals surface area contributed by atoms with E-state index in [9.17, 15) is 0 Å². The molecule has 322 valence electrons. The van der Waals surface area contributed by atoms with Crippen molar-refractivity contribution >= 4 is 66.8 Å². The first-order valence-corrected chi connectivity index (χ1v) is 24.7. The van der Waals surface area contributed by atoms with Gasteiger partial charge in [-0.3, -0.25) is 0 Å². The number of aryl methyl sites for hydroxylation is 1. The Labute approximate surface area is 383 Å². The minimum Gasteiger partial charge on any atom is -0.311 e. The molecule has 2 aliphatic carbocycles. The van der Waals surface area contributed by atoms with Crippen molar-refractivity contribution in [3.05, 3.63) is 148 Å². The monoisotopic (exact) mass is 847 g/mol. The number of nitrogens with zero attached hydrogens (tertiary/aromatic N) is 2. The molecule has 0 bridgehead atoms. The molecule has 1 fully saturated rings. The van der Waals surface area contributed by atoms with E-state index < -0.39 is 0 Å². The van der Waals surface area contributed by atoms with Gasteiger partial charge < -0.3 is 9.80 Å². The van der Waals surface area contributed by atoms with Crippen molar-refractivity contribution in [2.45, 2.75) is 132 Å². The molecule has 0 N–H and O–H groups in total. The molecule has 0 amide bonds. The Morgan fingerprint density at radius 3 is 2.06 bits per heavy atom. The van der Waals surface area contributed by atoms with Crippen LogP contribution >= 0.6 is 11.3 Å². The highest BCUT2D eigenvalue weighted by Gasteiger charge is 2.52. The van der Waals surface area contributed by atoms with Crippen molar-refractivity contribution in [2.75, 3.05) is 9.80 Å². The minimum absolute atomic E-state index is 0.00906. The van der Waals surface area contributed by atoms with Crippen molar-refractivity contribution in [1.29, 1.82) is 0 Å². The lowest BCUT2D eigenvalue weighted by atomic mass is 9.33. The third kappa shape index (κ3) is 6.79. The van der Waals surface area contributed by atoms with E-state index in [2.05, 4.69) is 209 Å². The maximum atomic E-state index is 2.73. The molecule has 10 rings (SSSR count). The third-order valence-electron chi connectivity index (χ3n) is 15.7. The fourth-order valence-corrected chi connectivity index (χ4v) is 12.8. The molecule has 0 saturated heterocycles. The first-order chi connectivity index (χ1) is 29.8. The number of benzene rings is 5. The van der Waals surface area contributed by atoms with Gasteiger partial charge in [-0.05, 0) is 154 Å². The lowest BCUT2D eigenvalue weighted by Crippen LogP contribution is -2.56. The highest BCUT2D eigenvalue weighted by molar-refractivity contribution is 7.32. The van der Waals surface area contributed by atoms with Gasteiger partial charge in [0, 0.05) is 43.2 Å². The molecule has 2 nitrogen and oxygen atoms in total. The Bertz CT molecular complexity index is 2860. The Kier molecular flexibility index (Phi) is 9.78. The standard InChI is InChI=1S/C59H67BN2S/c1-14-37(3)38-20-24-42(25-21-38)61-50-30-36(2)31-51-53(50)60(55-54(61)44-33-41(57(7,8)9)23-27-52(44)63-55)47-34-45-46(59(12,13)29-28-58(45,10)11)35-49(47)62(51)48-26-22-40(56(4,5)6)32-43(48)39-18-16-15-17-19-39/h15-27,30-33,35,37,45H,14,28-29,34H2,1-13H3. The lowest BCUT2D eigenvalue weighted by Gasteiger charge is -2.53. The normalized spacial score (nSPS) is 19.3. The van der Waals surface area contributed by atoms with Crippen LogP contribution in [0.25, 0.3) is 21.2 Å². The van der Waals surface area contributed by atoms with Crippen LogP contribution in [-0.4, -0.2) is 6.71 Å². The predicted octanol–water partition coefficient (Wildman–Crippen LogP) is 16.1. The number of hydrogen-bond acceptors (Lipinski definition) is 3. The van der Waals surface area contributed by atoms with Gasteiger partial charge in [0.25, 0.3) is 6.71 Å². The van der Waals surface area contributed by atoms with Crippen LogP contribution in [0.3, 0.4) is 0 Å². The summed E-state index contributed by atoms with van der Waals surface area (Å²) in [7, 11) is 0. The van der Waals surface area contributed by atoms with Crippen molar-refractivity contribution in [3.8, 4) is 11.1 Å². The van der Waals surface area contributed by atoms with Gasteiger partial charge in [0.2, 0.25) is 0 Å². The van der Waals surface area contributed by atoms with Gasteiger partial charge in [0.15, 0.2) is 0 Å². The van der Waals surface area contributed by atoms with E-state index in [1.165, 1.54) is 101 Å². The van der Waals surface area contributed by atoms with Crippen molar-refractivity contribution in [3.63, 3.8) is 0 Å². The van der Waals surface area contributed by atoms with Gasteiger partial charge in [-0.15, -0.1) is 11.3 Å². The highest BCUT2D eigenvalue weighted by Crippen LogP contribution is 2.60. The van der Waals surface area contributed by atoms with E-state index in [1.54, 1.807) is 11.0 Å². The Morgan fingerprint density at radius 2 is 1.40 bits per heavy atom. The summed E-state index contributed by atoms with van der Waals surface area (Å²) < 4.78 is 2.86. The zero-order valence-electron chi connectivity index (χ0n) is 40.3. The smallest absolute Gasteiger partial charge is 0.260 e. The van der Waals surface area contributed by atoms with Crippen LogP contribution < -0.4 is 20.0 Å². The Balaban J connectivity index is 1.33. The van der Waals surface area contributed by atoms with Crippen LogP contribution in [0.1, 0.15) is 137 Å². The van der Waals surface area contributed by atoms with Gasteiger partial charge in [-0.25, -0.2) is 0 Å². The molecule has 2 atom stereocenters. The summed E-state index contributed by atoms with van der Waals surface area (Å²) in [6, 6.07) is 40.5. The van der Waals surface area contributed by atoms with Crippen LogP contribution in [0, 0.1) is 23.7 Å². The molecule has 4 aliphatic rings. The molecule has 0 spiro atoms. The molecule has 63 heavy (non-hydrogen) atoms. The first kappa shape index (κ1) is 42.2. The van der Waals surface area contributed by atoms with Gasteiger partial charge in [0.1, 0.15) is 0 Å². The summed E-state index contributed by atoms with van der Waals surface area (Å²) in [6.07, 6.45) is 7.37. The van der Waals surface area contributed by atoms with Gasteiger partial charge in [-0.2, -0.15) is 0 Å². The fourth-order valence-electron chi connectivity index (χ4n) is 11.5. The van der Waals surface area contributed by atoms with Crippen LogP contribution in [0.4, 0.5) is 28.4 Å². The predicted molar refractivity (Wildman–Crippen MR) is 276 cm³/mol. The van der Waals surface area contributed by atoms with Gasteiger partial charge in [-0.1, -0.05) is 149 Å². The fraction of sp³-hybridized carbons (Fsp3) is 0.390. The summed E-state index contributed by atoms with van der Waals surface area (Å²) in [6.45, 7) is 31.4. The number of anilines is 5. The first-order valence-electron chi connectivity index (χ1n) is 23.8. The van der Waals surface area contributed by atoms with Crippen LogP contribution in [-0.2, 0) is 10.8 Å². The zero-order chi connectivity index (χ0) is 44.5. The number of allylic oxidation sites excluding steroid dienone is 3. The topological polar surface area (TPSA) is 6.48 Å². The molecule has 1 aromatic heterocycles. The molecule has 1 saturated carbocycles. The highest BCUT2D eigenvalue weighted by atomic mass is 32.1. The lowest BCUT2D eigenvalue weighted by molar-refractivity contribution is 0.122. The number of rotatable bonds is 5. The minimum atomic E-state index is 0.00906. The second-order valence-electron chi connectivity index (χ2n) is 23.0. The van der Waals surface area contributed by atoms with E-state index in [1.807, 2.05) is 11.3 Å².